The van der Waals surface area contributed by atoms with Gasteiger partial charge >= 0.3 is 0 Å². The first-order valence-electron chi connectivity index (χ1n) is 7.12. The molecule has 1 aromatic carbocycles. The van der Waals surface area contributed by atoms with Crippen LogP contribution in [-0.4, -0.2) is 11.5 Å². The van der Waals surface area contributed by atoms with Gasteiger partial charge in [-0.25, -0.2) is 0 Å². The van der Waals surface area contributed by atoms with Crippen molar-refractivity contribution in [3.63, 3.8) is 0 Å². The lowest BCUT2D eigenvalue weighted by atomic mass is 9.98. The van der Waals surface area contributed by atoms with Gasteiger partial charge < -0.3 is 5.32 Å². The van der Waals surface area contributed by atoms with Gasteiger partial charge in [0.1, 0.15) is 0 Å². The Balaban J connectivity index is 2.32. The molecule has 0 saturated carbocycles. The van der Waals surface area contributed by atoms with Crippen molar-refractivity contribution in [2.45, 2.75) is 33.2 Å². The minimum atomic E-state index is 0.200. The predicted molar refractivity (Wildman–Crippen MR) is 90.3 cm³/mol. The fourth-order valence-electron chi connectivity index (χ4n) is 2.54. The highest BCUT2D eigenvalue weighted by molar-refractivity contribution is 6.33. The van der Waals surface area contributed by atoms with E-state index in [1.807, 2.05) is 32.0 Å². The molecule has 0 bridgehead atoms. The third-order valence-electron chi connectivity index (χ3n) is 3.39. The minimum absolute atomic E-state index is 0.200. The monoisotopic (exact) mass is 322 g/mol. The standard InChI is InChI=1S/C17H20Cl2N2/c1-4-20-17(14-7-11(2)21-12(3)8-14)10-13-9-15(18)5-6-16(13)19/h5-9,17,20H,4,10H2,1-3H3. The van der Waals surface area contributed by atoms with Gasteiger partial charge in [0, 0.05) is 27.5 Å². The number of rotatable bonds is 5. The van der Waals surface area contributed by atoms with E-state index in [0.29, 0.717) is 5.02 Å². The summed E-state index contributed by atoms with van der Waals surface area (Å²) in [6.07, 6.45) is 0.802. The maximum Gasteiger partial charge on any atom is 0.0439 e. The zero-order chi connectivity index (χ0) is 15.4. The smallest absolute Gasteiger partial charge is 0.0439 e. The SMILES string of the molecule is CCNC(Cc1cc(Cl)ccc1Cl)c1cc(C)nc(C)c1. The molecule has 0 aliphatic heterocycles. The van der Waals surface area contributed by atoms with E-state index >= 15 is 0 Å². The first-order chi connectivity index (χ1) is 9.99. The van der Waals surface area contributed by atoms with E-state index < -0.39 is 0 Å². The largest absolute Gasteiger partial charge is 0.310 e. The molecule has 21 heavy (non-hydrogen) atoms. The number of halogens is 2. The summed E-state index contributed by atoms with van der Waals surface area (Å²) in [6.45, 7) is 7.04. The van der Waals surface area contributed by atoms with E-state index in [9.17, 15) is 0 Å². The van der Waals surface area contributed by atoms with Crippen LogP contribution in [0.1, 0.15) is 35.5 Å². The van der Waals surface area contributed by atoms with Crippen LogP contribution in [0.4, 0.5) is 0 Å². The number of aromatic nitrogens is 1. The summed E-state index contributed by atoms with van der Waals surface area (Å²) in [7, 11) is 0. The lowest BCUT2D eigenvalue weighted by Crippen LogP contribution is -2.23. The van der Waals surface area contributed by atoms with Crippen molar-refractivity contribution in [3.05, 3.63) is 62.9 Å². The molecule has 2 rings (SSSR count). The fourth-order valence-corrected chi connectivity index (χ4v) is 2.93. The van der Waals surface area contributed by atoms with Gasteiger partial charge in [-0.05, 0) is 68.3 Å². The van der Waals surface area contributed by atoms with Crippen molar-refractivity contribution in [2.24, 2.45) is 0 Å². The van der Waals surface area contributed by atoms with Crippen molar-refractivity contribution in [3.8, 4) is 0 Å². The van der Waals surface area contributed by atoms with Crippen LogP contribution in [0.5, 0.6) is 0 Å². The van der Waals surface area contributed by atoms with E-state index in [4.69, 9.17) is 23.2 Å². The highest BCUT2D eigenvalue weighted by Crippen LogP contribution is 2.26. The van der Waals surface area contributed by atoms with Crippen LogP contribution in [0.25, 0.3) is 0 Å². The Labute approximate surface area is 136 Å². The topological polar surface area (TPSA) is 24.9 Å². The van der Waals surface area contributed by atoms with Crippen LogP contribution in [-0.2, 0) is 6.42 Å². The molecule has 0 amide bonds. The number of nitrogens with zero attached hydrogens (tertiary/aromatic N) is 1. The zero-order valence-corrected chi connectivity index (χ0v) is 14.1. The second kappa shape index (κ2) is 7.26. The molecular formula is C17H20Cl2N2. The van der Waals surface area contributed by atoms with Crippen LogP contribution in [0.3, 0.4) is 0 Å². The zero-order valence-electron chi connectivity index (χ0n) is 12.6. The highest BCUT2D eigenvalue weighted by Gasteiger charge is 2.14. The molecule has 2 nitrogen and oxygen atoms in total. The molecule has 0 saturated heterocycles. The maximum atomic E-state index is 6.29. The lowest BCUT2D eigenvalue weighted by molar-refractivity contribution is 0.548. The number of likely N-dealkylation sites (N-methyl/N-ethyl adjacent to an activating group) is 1. The fraction of sp³-hybridized carbons (Fsp3) is 0.353. The average Bonchev–Trinajstić information content (AvgIpc) is 2.41. The van der Waals surface area contributed by atoms with Gasteiger partial charge in [0.15, 0.2) is 0 Å². The first kappa shape index (κ1) is 16.3. The van der Waals surface area contributed by atoms with Crippen LogP contribution < -0.4 is 5.32 Å². The molecule has 2 aromatic rings. The Hall–Kier alpha value is -1.09. The molecular weight excluding hydrogens is 303 g/mol. The maximum absolute atomic E-state index is 6.29. The van der Waals surface area contributed by atoms with Crippen molar-refractivity contribution in [2.75, 3.05) is 6.54 Å². The number of nitrogens with one attached hydrogen (secondary N) is 1. The molecule has 1 atom stereocenters. The molecule has 1 unspecified atom stereocenters. The van der Waals surface area contributed by atoms with E-state index in [1.165, 1.54) is 5.56 Å². The molecule has 0 fully saturated rings. The van der Waals surface area contributed by atoms with Gasteiger partial charge in [-0.2, -0.15) is 0 Å². The van der Waals surface area contributed by atoms with Crippen LogP contribution >= 0.6 is 23.2 Å². The summed E-state index contributed by atoms with van der Waals surface area (Å²) in [6, 6.07) is 10.1. The van der Waals surface area contributed by atoms with Crippen LogP contribution in [0.2, 0.25) is 10.0 Å². The van der Waals surface area contributed by atoms with Crippen LogP contribution in [0, 0.1) is 13.8 Å². The van der Waals surface area contributed by atoms with Crippen molar-refractivity contribution < 1.29 is 0 Å². The minimum Gasteiger partial charge on any atom is -0.310 e. The second-order valence-corrected chi connectivity index (χ2v) is 6.08. The molecule has 0 radical (unpaired) electrons. The summed E-state index contributed by atoms with van der Waals surface area (Å²) in [5.74, 6) is 0. The van der Waals surface area contributed by atoms with Crippen molar-refractivity contribution in [1.82, 2.24) is 10.3 Å². The lowest BCUT2D eigenvalue weighted by Gasteiger charge is -2.20. The number of hydrogen-bond donors (Lipinski definition) is 1. The van der Waals surface area contributed by atoms with E-state index in [-0.39, 0.29) is 6.04 Å². The number of hydrogen-bond acceptors (Lipinski definition) is 2. The summed E-state index contributed by atoms with van der Waals surface area (Å²) in [4.78, 5) is 4.44. The average molecular weight is 323 g/mol. The van der Waals surface area contributed by atoms with E-state index in [1.54, 1.807) is 0 Å². The number of pyridine rings is 1. The second-order valence-electron chi connectivity index (χ2n) is 5.23. The molecule has 112 valence electrons. The third kappa shape index (κ3) is 4.44. The molecule has 1 N–H and O–H groups in total. The van der Waals surface area contributed by atoms with Gasteiger partial charge in [0.05, 0.1) is 0 Å². The Morgan fingerprint density at radius 1 is 1.10 bits per heavy atom. The molecule has 0 aliphatic rings. The van der Waals surface area contributed by atoms with Gasteiger partial charge in [-0.3, -0.25) is 4.98 Å². The first-order valence-corrected chi connectivity index (χ1v) is 7.87. The third-order valence-corrected chi connectivity index (χ3v) is 3.99. The Bertz CT molecular complexity index is 606. The predicted octanol–water partition coefficient (Wildman–Crippen LogP) is 4.90. The molecule has 1 aromatic heterocycles. The van der Waals surface area contributed by atoms with Crippen molar-refractivity contribution >= 4 is 23.2 Å². The van der Waals surface area contributed by atoms with Gasteiger partial charge in [-0.1, -0.05) is 30.1 Å². The summed E-state index contributed by atoms with van der Waals surface area (Å²) >= 11 is 12.4. The normalized spacial score (nSPS) is 12.4. The summed E-state index contributed by atoms with van der Waals surface area (Å²) < 4.78 is 0. The number of aryl methyl sites for hydroxylation is 2. The molecule has 0 aliphatic carbocycles. The van der Waals surface area contributed by atoms with Crippen LogP contribution in [0.15, 0.2) is 30.3 Å². The van der Waals surface area contributed by atoms with Gasteiger partial charge in [0.25, 0.3) is 0 Å². The Morgan fingerprint density at radius 2 is 1.76 bits per heavy atom. The molecule has 4 heteroatoms. The van der Waals surface area contributed by atoms with E-state index in [2.05, 4.69) is 29.4 Å². The quantitative estimate of drug-likeness (QED) is 0.846. The molecule has 0 spiro atoms. The highest BCUT2D eigenvalue weighted by atomic mass is 35.5. The van der Waals surface area contributed by atoms with Gasteiger partial charge in [0.2, 0.25) is 0 Å². The van der Waals surface area contributed by atoms with Crippen molar-refractivity contribution in [1.29, 1.82) is 0 Å². The van der Waals surface area contributed by atoms with Gasteiger partial charge in [-0.15, -0.1) is 0 Å². The van der Waals surface area contributed by atoms with E-state index in [0.717, 1.165) is 34.9 Å². The summed E-state index contributed by atoms with van der Waals surface area (Å²) in [5, 5.41) is 4.99. The molecule has 1 heterocycles. The summed E-state index contributed by atoms with van der Waals surface area (Å²) in [5.41, 5.74) is 4.36. The Kier molecular flexibility index (Phi) is 5.63. The number of benzene rings is 1. The Morgan fingerprint density at radius 3 is 2.38 bits per heavy atom.